The van der Waals surface area contributed by atoms with Gasteiger partial charge in [-0.3, -0.25) is 4.79 Å². The third-order valence-electron chi connectivity index (χ3n) is 4.92. The Morgan fingerprint density at radius 3 is 2.03 bits per heavy atom. The van der Waals surface area contributed by atoms with Crippen LogP contribution in [0.15, 0.2) is 53.7 Å². The molecule has 0 fully saturated rings. The highest BCUT2D eigenvalue weighted by molar-refractivity contribution is 6.09. The van der Waals surface area contributed by atoms with Gasteiger partial charge in [0.15, 0.2) is 17.3 Å². The lowest BCUT2D eigenvalue weighted by Gasteiger charge is -2.31. The van der Waals surface area contributed by atoms with Crippen LogP contribution in [0, 0.1) is 0 Å². The van der Waals surface area contributed by atoms with Crippen molar-refractivity contribution in [1.29, 1.82) is 0 Å². The molecule has 168 valence electrons. The van der Waals surface area contributed by atoms with Crippen molar-refractivity contribution < 1.29 is 38.1 Å². The number of carbonyl (C=O) groups excluding carboxylic acids is 3. The first kappa shape index (κ1) is 22.8. The zero-order valence-electron chi connectivity index (χ0n) is 18.2. The zero-order valence-corrected chi connectivity index (χ0v) is 18.2. The van der Waals surface area contributed by atoms with E-state index in [1.54, 1.807) is 42.5 Å². The number of ether oxygens (including phenoxy) is 5. The molecule has 1 heterocycles. The Bertz CT molecular complexity index is 1060. The second-order valence-electron chi connectivity index (χ2n) is 6.66. The maximum absolute atomic E-state index is 12.9. The molecule has 0 spiro atoms. The lowest BCUT2D eigenvalue weighted by Crippen LogP contribution is -2.38. The maximum Gasteiger partial charge on any atom is 0.355 e. The Morgan fingerprint density at radius 1 is 0.812 bits per heavy atom. The van der Waals surface area contributed by atoms with Crippen molar-refractivity contribution in [3.8, 4) is 11.5 Å². The third kappa shape index (κ3) is 4.42. The SMILES string of the molecule is COC(=O)C1=C(C(=O)OC)N(c2ccc(C(=O)c3ccc(OC)c(OC)c3)cc2)COC1. The highest BCUT2D eigenvalue weighted by atomic mass is 16.5. The molecule has 3 rings (SSSR count). The van der Waals surface area contributed by atoms with Crippen LogP contribution < -0.4 is 14.4 Å². The number of hydrogen-bond acceptors (Lipinski definition) is 9. The number of esters is 2. The second kappa shape index (κ2) is 9.97. The first-order valence-electron chi connectivity index (χ1n) is 9.57. The van der Waals surface area contributed by atoms with Crippen LogP contribution in [0.25, 0.3) is 0 Å². The normalized spacial score (nSPS) is 13.4. The predicted molar refractivity (Wildman–Crippen MR) is 114 cm³/mol. The van der Waals surface area contributed by atoms with Crippen LogP contribution in [0.2, 0.25) is 0 Å². The predicted octanol–water partition coefficient (Wildman–Crippen LogP) is 2.33. The summed E-state index contributed by atoms with van der Waals surface area (Å²) < 4.78 is 25.5. The highest BCUT2D eigenvalue weighted by Gasteiger charge is 2.32. The molecule has 0 N–H and O–H groups in total. The molecule has 1 aliphatic rings. The van der Waals surface area contributed by atoms with Crippen molar-refractivity contribution in [2.75, 3.05) is 46.7 Å². The number of carbonyl (C=O) groups is 3. The van der Waals surface area contributed by atoms with Gasteiger partial charge in [-0.15, -0.1) is 0 Å². The van der Waals surface area contributed by atoms with Crippen molar-refractivity contribution in [2.45, 2.75) is 0 Å². The van der Waals surface area contributed by atoms with Gasteiger partial charge in [0.2, 0.25) is 0 Å². The monoisotopic (exact) mass is 441 g/mol. The van der Waals surface area contributed by atoms with Crippen LogP contribution in [0.1, 0.15) is 15.9 Å². The van der Waals surface area contributed by atoms with Crippen LogP contribution in [-0.4, -0.2) is 59.5 Å². The molecule has 2 aromatic rings. The Hall–Kier alpha value is -3.85. The fourth-order valence-electron chi connectivity index (χ4n) is 3.28. The molecule has 0 aliphatic carbocycles. The second-order valence-corrected chi connectivity index (χ2v) is 6.66. The van der Waals surface area contributed by atoms with Gasteiger partial charge in [0.1, 0.15) is 12.4 Å². The highest BCUT2D eigenvalue weighted by Crippen LogP contribution is 2.30. The number of hydrogen-bond donors (Lipinski definition) is 0. The molecule has 0 saturated carbocycles. The lowest BCUT2D eigenvalue weighted by molar-refractivity contribution is -0.140. The lowest BCUT2D eigenvalue weighted by atomic mass is 10.0. The molecule has 0 unspecified atom stereocenters. The molecule has 0 aromatic heterocycles. The number of ketones is 1. The number of anilines is 1. The summed E-state index contributed by atoms with van der Waals surface area (Å²) in [5, 5.41) is 0. The molecule has 0 radical (unpaired) electrons. The van der Waals surface area contributed by atoms with E-state index in [0.29, 0.717) is 28.3 Å². The fourth-order valence-corrected chi connectivity index (χ4v) is 3.28. The van der Waals surface area contributed by atoms with Gasteiger partial charge < -0.3 is 28.6 Å². The quantitative estimate of drug-likeness (QED) is 0.473. The largest absolute Gasteiger partial charge is 0.493 e. The van der Waals surface area contributed by atoms with E-state index in [2.05, 4.69) is 0 Å². The van der Waals surface area contributed by atoms with Crippen LogP contribution in [0.3, 0.4) is 0 Å². The van der Waals surface area contributed by atoms with Crippen molar-refractivity contribution in [1.82, 2.24) is 0 Å². The number of benzene rings is 2. The molecule has 0 saturated heterocycles. The Balaban J connectivity index is 1.93. The summed E-state index contributed by atoms with van der Waals surface area (Å²) >= 11 is 0. The third-order valence-corrected chi connectivity index (χ3v) is 4.92. The molecule has 2 aromatic carbocycles. The van der Waals surface area contributed by atoms with E-state index in [-0.39, 0.29) is 30.4 Å². The van der Waals surface area contributed by atoms with E-state index < -0.39 is 11.9 Å². The first-order valence-corrected chi connectivity index (χ1v) is 9.57. The van der Waals surface area contributed by atoms with Crippen LogP contribution in [0.5, 0.6) is 11.5 Å². The summed E-state index contributed by atoms with van der Waals surface area (Å²) in [5.74, 6) is -0.627. The van der Waals surface area contributed by atoms with Crippen molar-refractivity contribution in [3.05, 3.63) is 64.9 Å². The van der Waals surface area contributed by atoms with Gasteiger partial charge >= 0.3 is 11.9 Å². The smallest absolute Gasteiger partial charge is 0.355 e. The van der Waals surface area contributed by atoms with E-state index in [4.69, 9.17) is 23.7 Å². The summed E-state index contributed by atoms with van der Waals surface area (Å²) in [5.41, 5.74) is 1.48. The molecular formula is C23H23NO8. The van der Waals surface area contributed by atoms with E-state index in [1.807, 2.05) is 0 Å². The molecule has 1 aliphatic heterocycles. The van der Waals surface area contributed by atoms with Crippen LogP contribution in [-0.2, 0) is 23.8 Å². The van der Waals surface area contributed by atoms with E-state index >= 15 is 0 Å². The van der Waals surface area contributed by atoms with Gasteiger partial charge in [0.25, 0.3) is 0 Å². The number of rotatable bonds is 7. The van der Waals surface area contributed by atoms with Crippen molar-refractivity contribution in [2.24, 2.45) is 0 Å². The van der Waals surface area contributed by atoms with E-state index in [0.717, 1.165) is 0 Å². The number of methoxy groups -OCH3 is 4. The van der Waals surface area contributed by atoms with Crippen molar-refractivity contribution in [3.63, 3.8) is 0 Å². The first-order chi connectivity index (χ1) is 15.4. The summed E-state index contributed by atoms with van der Waals surface area (Å²) in [7, 11) is 5.46. The number of nitrogens with zero attached hydrogens (tertiary/aromatic N) is 1. The van der Waals surface area contributed by atoms with E-state index in [9.17, 15) is 14.4 Å². The van der Waals surface area contributed by atoms with Crippen molar-refractivity contribution >= 4 is 23.4 Å². The van der Waals surface area contributed by atoms with Crippen LogP contribution >= 0.6 is 0 Å². The Kier molecular flexibility index (Phi) is 7.11. The topological polar surface area (TPSA) is 101 Å². The van der Waals surface area contributed by atoms with Gasteiger partial charge in [0, 0.05) is 16.8 Å². The molecular weight excluding hydrogens is 418 g/mol. The van der Waals surface area contributed by atoms with Gasteiger partial charge in [-0.05, 0) is 42.5 Å². The minimum atomic E-state index is -0.695. The summed E-state index contributed by atoms with van der Waals surface area (Å²) in [4.78, 5) is 38.9. The van der Waals surface area contributed by atoms with Gasteiger partial charge in [-0.1, -0.05) is 0 Å². The van der Waals surface area contributed by atoms with Crippen LogP contribution in [0.4, 0.5) is 5.69 Å². The molecule has 9 heteroatoms. The minimum absolute atomic E-state index is 0.0217. The summed E-state index contributed by atoms with van der Waals surface area (Å²) in [6.45, 7) is -0.0582. The van der Waals surface area contributed by atoms with Gasteiger partial charge in [-0.25, -0.2) is 9.59 Å². The molecule has 32 heavy (non-hydrogen) atoms. The summed E-state index contributed by atoms with van der Waals surface area (Å²) in [6, 6.07) is 11.5. The molecule has 9 nitrogen and oxygen atoms in total. The van der Waals surface area contributed by atoms with Gasteiger partial charge in [-0.2, -0.15) is 0 Å². The maximum atomic E-state index is 12.9. The fraction of sp³-hybridized carbons (Fsp3) is 0.261. The zero-order chi connectivity index (χ0) is 23.3. The van der Waals surface area contributed by atoms with E-state index in [1.165, 1.54) is 33.3 Å². The van der Waals surface area contributed by atoms with Gasteiger partial charge in [0.05, 0.1) is 40.6 Å². The molecule has 0 amide bonds. The molecule has 0 atom stereocenters. The standard InChI is InChI=1S/C23H23NO8/c1-28-18-10-7-15(11-19(18)29-2)21(25)14-5-8-16(9-6-14)24-13-32-12-17(22(26)30-3)20(24)23(27)31-4/h5-11H,12-13H2,1-4H3. The average molecular weight is 441 g/mol. The Morgan fingerprint density at radius 2 is 1.44 bits per heavy atom. The minimum Gasteiger partial charge on any atom is -0.493 e. The summed E-state index contributed by atoms with van der Waals surface area (Å²) in [6.07, 6.45) is 0. The Labute approximate surface area is 185 Å². The average Bonchev–Trinajstić information content (AvgIpc) is 2.86. The molecule has 0 bridgehead atoms.